The van der Waals surface area contributed by atoms with Gasteiger partial charge in [-0.15, -0.1) is 0 Å². The van der Waals surface area contributed by atoms with Crippen LogP contribution < -0.4 is 9.47 Å². The Morgan fingerprint density at radius 2 is 1.17 bits per heavy atom. The molecule has 240 valence electrons. The summed E-state index contributed by atoms with van der Waals surface area (Å²) >= 11 is 0. The van der Waals surface area contributed by atoms with E-state index < -0.39 is 17.5 Å². The van der Waals surface area contributed by atoms with Crippen LogP contribution in [0.5, 0.6) is 11.5 Å². The monoisotopic (exact) mass is 632 g/mol. The van der Waals surface area contributed by atoms with Crippen LogP contribution in [0.2, 0.25) is 0 Å². The molecule has 1 atom stereocenters. The summed E-state index contributed by atoms with van der Waals surface area (Å²) in [6.07, 6.45) is 0. The van der Waals surface area contributed by atoms with Crippen LogP contribution in [0.15, 0.2) is 108 Å². The summed E-state index contributed by atoms with van der Waals surface area (Å²) in [5.41, 5.74) is 4.55. The molecular weight excluding hydrogens is 596 g/mol. The Balaban J connectivity index is 0.000000185. The molecule has 0 aromatic heterocycles. The van der Waals surface area contributed by atoms with E-state index in [0.29, 0.717) is 33.8 Å². The molecule has 1 N–H and O–H groups in total. The third-order valence-corrected chi connectivity index (χ3v) is 8.06. The van der Waals surface area contributed by atoms with Gasteiger partial charge >= 0.3 is 11.9 Å². The number of carbonyl (C=O) groups is 3. The molecule has 4 aromatic rings. The summed E-state index contributed by atoms with van der Waals surface area (Å²) in [6, 6.07) is 29.7. The highest BCUT2D eigenvalue weighted by atomic mass is 16.5. The van der Waals surface area contributed by atoms with Crippen molar-refractivity contribution in [3.05, 3.63) is 142 Å². The molecular formula is C39H36O8. The summed E-state index contributed by atoms with van der Waals surface area (Å²) in [5, 5.41) is 11.1. The molecule has 6 rings (SSSR count). The maximum atomic E-state index is 12.8. The van der Waals surface area contributed by atoms with E-state index in [-0.39, 0.29) is 30.1 Å². The van der Waals surface area contributed by atoms with E-state index in [4.69, 9.17) is 18.9 Å². The van der Waals surface area contributed by atoms with E-state index in [2.05, 4.69) is 0 Å². The maximum absolute atomic E-state index is 12.8. The van der Waals surface area contributed by atoms with E-state index >= 15 is 0 Å². The fourth-order valence-corrected chi connectivity index (χ4v) is 5.93. The van der Waals surface area contributed by atoms with Gasteiger partial charge in [0.25, 0.3) is 0 Å². The largest absolute Gasteiger partial charge is 0.497 e. The van der Waals surface area contributed by atoms with Crippen molar-refractivity contribution in [3.63, 3.8) is 0 Å². The number of esters is 2. The number of hydrogen-bond donors (Lipinski definition) is 1. The number of benzene rings is 4. The third kappa shape index (κ3) is 6.20. The Morgan fingerprint density at radius 3 is 1.72 bits per heavy atom. The van der Waals surface area contributed by atoms with Gasteiger partial charge in [0.05, 0.1) is 33.0 Å². The number of rotatable bonds is 8. The normalized spacial score (nSPS) is 16.2. The van der Waals surface area contributed by atoms with E-state index in [9.17, 15) is 19.5 Å². The Kier molecular flexibility index (Phi) is 9.72. The van der Waals surface area contributed by atoms with Gasteiger partial charge in [-0.05, 0) is 78.9 Å². The first-order chi connectivity index (χ1) is 22.7. The summed E-state index contributed by atoms with van der Waals surface area (Å²) < 4.78 is 20.8. The van der Waals surface area contributed by atoms with Crippen molar-refractivity contribution in [2.75, 3.05) is 27.4 Å². The number of carbonyl (C=O) groups excluding carboxylic acids is 3. The molecule has 0 fully saturated rings. The lowest BCUT2D eigenvalue weighted by molar-refractivity contribution is -0.141. The Bertz CT molecular complexity index is 1890. The zero-order chi connectivity index (χ0) is 33.7. The molecule has 8 nitrogen and oxygen atoms in total. The minimum atomic E-state index is -1.44. The average molecular weight is 633 g/mol. The van der Waals surface area contributed by atoms with Crippen molar-refractivity contribution in [3.8, 4) is 11.5 Å². The molecule has 0 heterocycles. The molecule has 0 aliphatic heterocycles. The molecule has 1 unspecified atom stereocenters. The van der Waals surface area contributed by atoms with Gasteiger partial charge in [0.15, 0.2) is 0 Å². The molecule has 4 aromatic carbocycles. The molecule has 2 aliphatic carbocycles. The number of hydrogen-bond acceptors (Lipinski definition) is 8. The molecule has 0 bridgehead atoms. The highest BCUT2D eigenvalue weighted by Gasteiger charge is 2.45. The molecule has 2 aliphatic rings. The summed E-state index contributed by atoms with van der Waals surface area (Å²) in [4.78, 5) is 37.7. The molecule has 0 spiro atoms. The molecule has 0 saturated carbocycles. The van der Waals surface area contributed by atoms with E-state index in [0.717, 1.165) is 22.3 Å². The van der Waals surface area contributed by atoms with Crippen molar-refractivity contribution >= 4 is 28.9 Å². The predicted octanol–water partition coefficient (Wildman–Crippen LogP) is 6.54. The molecule has 0 saturated heterocycles. The second-order valence-corrected chi connectivity index (χ2v) is 10.9. The molecule has 0 amide bonds. The molecule has 0 radical (unpaired) electrons. The number of fused-ring (bicyclic) bond motifs is 2. The van der Waals surface area contributed by atoms with Crippen molar-refractivity contribution < 1.29 is 38.4 Å². The van der Waals surface area contributed by atoms with Crippen LogP contribution >= 0.6 is 0 Å². The number of ketones is 1. The van der Waals surface area contributed by atoms with Crippen LogP contribution in [0.3, 0.4) is 0 Å². The fourth-order valence-electron chi connectivity index (χ4n) is 5.93. The number of aliphatic hydroxyl groups is 1. The second kappa shape index (κ2) is 13.9. The summed E-state index contributed by atoms with van der Waals surface area (Å²) in [5.74, 6) is -0.208. The first kappa shape index (κ1) is 32.9. The van der Waals surface area contributed by atoms with Gasteiger partial charge in [0, 0.05) is 16.7 Å². The van der Waals surface area contributed by atoms with Gasteiger partial charge < -0.3 is 24.1 Å². The Morgan fingerprint density at radius 1 is 0.660 bits per heavy atom. The second-order valence-electron chi connectivity index (χ2n) is 10.9. The Hall–Kier alpha value is -5.47. The number of ether oxygens (including phenoxy) is 4. The zero-order valence-corrected chi connectivity index (χ0v) is 27.0. The van der Waals surface area contributed by atoms with E-state index in [1.54, 1.807) is 59.3 Å². The van der Waals surface area contributed by atoms with Crippen LogP contribution in [0.25, 0.3) is 11.1 Å². The lowest BCUT2D eigenvalue weighted by Gasteiger charge is -2.22. The van der Waals surface area contributed by atoms with Crippen molar-refractivity contribution in [2.24, 2.45) is 0 Å². The van der Waals surface area contributed by atoms with Gasteiger partial charge in [-0.25, -0.2) is 9.59 Å². The first-order valence-electron chi connectivity index (χ1n) is 15.3. The van der Waals surface area contributed by atoms with Crippen LogP contribution in [0, 0.1) is 0 Å². The number of Topliss-reactive ketones (excluding diaryl/α,β-unsaturated/α-hetero) is 1. The van der Waals surface area contributed by atoms with Crippen molar-refractivity contribution in [1.29, 1.82) is 0 Å². The Labute approximate surface area is 273 Å². The quantitative estimate of drug-likeness (QED) is 0.172. The lowest BCUT2D eigenvalue weighted by Crippen LogP contribution is -2.27. The van der Waals surface area contributed by atoms with Gasteiger partial charge in [-0.2, -0.15) is 0 Å². The zero-order valence-electron chi connectivity index (χ0n) is 27.0. The van der Waals surface area contributed by atoms with Crippen LogP contribution in [0.4, 0.5) is 0 Å². The standard InChI is InChI=1S/C20H20O4.C19H16O4/c1-4-24-19(21)18-17(13-8-6-5-7-9-13)15-11-10-14(23-3)12-16(15)20(18,2)22;1-3-23-19(21)17-16(12-7-5-4-6-8-12)14-10-9-13(22-2)11-15(14)18(17)20/h5-12,22H,4H2,1-3H3;4-11H,3H2,1-2H3. The lowest BCUT2D eigenvalue weighted by atomic mass is 9.92. The SMILES string of the molecule is CCOC(=O)C1=C(c2ccccc2)c2ccc(OC)cc2C1(C)O.CCOC(=O)C1=C(c2ccccc2)c2ccc(OC)cc2C1=O. The van der Waals surface area contributed by atoms with Gasteiger partial charge in [0.2, 0.25) is 5.78 Å². The predicted molar refractivity (Wildman–Crippen MR) is 178 cm³/mol. The van der Waals surface area contributed by atoms with Gasteiger partial charge in [-0.1, -0.05) is 66.7 Å². The molecule has 47 heavy (non-hydrogen) atoms. The first-order valence-corrected chi connectivity index (χ1v) is 15.3. The number of methoxy groups -OCH3 is 2. The van der Waals surface area contributed by atoms with E-state index in [1.807, 2.05) is 72.8 Å². The maximum Gasteiger partial charge on any atom is 0.342 e. The summed E-state index contributed by atoms with van der Waals surface area (Å²) in [7, 11) is 3.11. The average Bonchev–Trinajstić information content (AvgIpc) is 3.52. The van der Waals surface area contributed by atoms with Crippen molar-refractivity contribution in [2.45, 2.75) is 26.4 Å². The minimum Gasteiger partial charge on any atom is -0.497 e. The molecule has 8 heteroatoms. The third-order valence-electron chi connectivity index (χ3n) is 8.06. The van der Waals surface area contributed by atoms with Crippen LogP contribution in [-0.2, 0) is 24.7 Å². The van der Waals surface area contributed by atoms with E-state index in [1.165, 1.54) is 0 Å². The topological polar surface area (TPSA) is 108 Å². The van der Waals surface area contributed by atoms with Gasteiger partial charge in [0.1, 0.15) is 22.7 Å². The van der Waals surface area contributed by atoms with Crippen molar-refractivity contribution in [1.82, 2.24) is 0 Å². The van der Waals surface area contributed by atoms with Gasteiger partial charge in [-0.3, -0.25) is 4.79 Å². The van der Waals surface area contributed by atoms with Crippen LogP contribution in [0.1, 0.15) is 58.9 Å². The fraction of sp³-hybridized carbons (Fsp3) is 0.205. The highest BCUT2D eigenvalue weighted by molar-refractivity contribution is 6.35. The highest BCUT2D eigenvalue weighted by Crippen LogP contribution is 2.49. The smallest absolute Gasteiger partial charge is 0.342 e. The van der Waals surface area contributed by atoms with Crippen LogP contribution in [-0.4, -0.2) is 50.3 Å². The summed E-state index contributed by atoms with van der Waals surface area (Å²) in [6.45, 7) is 5.56. The minimum absolute atomic E-state index is 0.0845.